The molecule has 102 valence electrons. The largest absolute Gasteiger partial charge is 0.355 e. The molecule has 0 aromatic heterocycles. The third-order valence-corrected chi connectivity index (χ3v) is 3.65. The molecule has 1 aliphatic rings. The fourth-order valence-corrected chi connectivity index (χ4v) is 2.44. The zero-order valence-electron chi connectivity index (χ0n) is 11.4. The second-order valence-electron chi connectivity index (χ2n) is 5.13. The van der Waals surface area contributed by atoms with Crippen molar-refractivity contribution in [2.45, 2.75) is 32.7 Å². The molecule has 2 atom stereocenters. The van der Waals surface area contributed by atoms with Crippen molar-refractivity contribution < 1.29 is 9.59 Å². The Hall–Kier alpha value is -1.84. The molecule has 4 heteroatoms. The number of hydrogen-bond donors (Lipinski definition) is 2. The summed E-state index contributed by atoms with van der Waals surface area (Å²) in [4.78, 5) is 23.2. The molecule has 0 bridgehead atoms. The summed E-state index contributed by atoms with van der Waals surface area (Å²) >= 11 is 0. The van der Waals surface area contributed by atoms with Gasteiger partial charge in [0, 0.05) is 13.0 Å². The summed E-state index contributed by atoms with van der Waals surface area (Å²) in [7, 11) is 0. The van der Waals surface area contributed by atoms with Crippen molar-refractivity contribution in [3.63, 3.8) is 0 Å². The predicted octanol–water partition coefficient (Wildman–Crippen LogP) is 1.70. The first-order chi connectivity index (χ1) is 9.08. The maximum Gasteiger partial charge on any atom is 0.225 e. The fraction of sp³-hybridized carbons (Fsp3) is 0.467. The van der Waals surface area contributed by atoms with Crippen molar-refractivity contribution in [2.24, 2.45) is 5.92 Å². The van der Waals surface area contributed by atoms with E-state index in [0.717, 1.165) is 5.56 Å². The van der Waals surface area contributed by atoms with E-state index < -0.39 is 0 Å². The lowest BCUT2D eigenvalue weighted by Crippen LogP contribution is -2.43. The van der Waals surface area contributed by atoms with Crippen molar-refractivity contribution in [2.75, 3.05) is 6.54 Å². The molecule has 2 rings (SSSR count). The number of rotatable bonds is 3. The van der Waals surface area contributed by atoms with Crippen LogP contribution in [0, 0.1) is 12.8 Å². The second-order valence-corrected chi connectivity index (χ2v) is 5.13. The third-order valence-electron chi connectivity index (χ3n) is 3.65. The van der Waals surface area contributed by atoms with E-state index in [9.17, 15) is 9.59 Å². The monoisotopic (exact) mass is 260 g/mol. The Bertz CT molecular complexity index is 475. The molecular weight excluding hydrogens is 240 g/mol. The fourth-order valence-electron chi connectivity index (χ4n) is 2.44. The van der Waals surface area contributed by atoms with E-state index in [2.05, 4.69) is 10.6 Å². The number of benzene rings is 1. The number of nitrogens with one attached hydrogen (secondary N) is 2. The topological polar surface area (TPSA) is 58.2 Å². The predicted molar refractivity (Wildman–Crippen MR) is 73.5 cm³/mol. The molecule has 2 amide bonds. The van der Waals surface area contributed by atoms with E-state index in [4.69, 9.17) is 0 Å². The van der Waals surface area contributed by atoms with Crippen molar-refractivity contribution in [3.05, 3.63) is 35.4 Å². The van der Waals surface area contributed by atoms with Crippen LogP contribution >= 0.6 is 0 Å². The van der Waals surface area contributed by atoms with Crippen LogP contribution in [0.2, 0.25) is 0 Å². The third kappa shape index (κ3) is 3.34. The van der Waals surface area contributed by atoms with Gasteiger partial charge in [0.2, 0.25) is 11.8 Å². The van der Waals surface area contributed by atoms with Gasteiger partial charge in [-0.15, -0.1) is 0 Å². The van der Waals surface area contributed by atoms with Gasteiger partial charge in [0.15, 0.2) is 0 Å². The highest BCUT2D eigenvalue weighted by Gasteiger charge is 2.25. The van der Waals surface area contributed by atoms with Gasteiger partial charge in [0.25, 0.3) is 0 Å². The zero-order valence-corrected chi connectivity index (χ0v) is 11.4. The average molecular weight is 260 g/mol. The SMILES string of the molecule is Cc1ccccc1C(C)NC(=O)C1CCC(=O)NC1. The highest BCUT2D eigenvalue weighted by Crippen LogP contribution is 2.18. The first-order valence-corrected chi connectivity index (χ1v) is 6.70. The normalized spacial score (nSPS) is 20.5. The van der Waals surface area contributed by atoms with E-state index in [1.54, 1.807) is 0 Å². The summed E-state index contributed by atoms with van der Waals surface area (Å²) in [6.07, 6.45) is 1.08. The molecule has 1 aromatic carbocycles. The van der Waals surface area contributed by atoms with Gasteiger partial charge in [-0.25, -0.2) is 0 Å². The lowest BCUT2D eigenvalue weighted by molar-refractivity contribution is -0.129. The number of aryl methyl sites for hydroxylation is 1. The molecule has 0 aliphatic carbocycles. The summed E-state index contributed by atoms with van der Waals surface area (Å²) < 4.78 is 0. The Morgan fingerprint density at radius 3 is 2.79 bits per heavy atom. The number of carbonyl (C=O) groups excluding carboxylic acids is 2. The van der Waals surface area contributed by atoms with Crippen molar-refractivity contribution in [1.82, 2.24) is 10.6 Å². The Morgan fingerprint density at radius 1 is 1.42 bits per heavy atom. The standard InChI is InChI=1S/C15H20N2O2/c1-10-5-3-4-6-13(10)11(2)17-15(19)12-7-8-14(18)16-9-12/h3-6,11-12H,7-9H2,1-2H3,(H,16,18)(H,17,19). The summed E-state index contributed by atoms with van der Waals surface area (Å²) in [5, 5.41) is 5.77. The van der Waals surface area contributed by atoms with Gasteiger partial charge in [-0.3, -0.25) is 9.59 Å². The van der Waals surface area contributed by atoms with Crippen molar-refractivity contribution in [3.8, 4) is 0 Å². The maximum absolute atomic E-state index is 12.1. The number of hydrogen-bond acceptors (Lipinski definition) is 2. The minimum atomic E-state index is -0.107. The molecule has 1 fully saturated rings. The molecule has 1 aliphatic heterocycles. The van der Waals surface area contributed by atoms with E-state index in [0.29, 0.717) is 19.4 Å². The summed E-state index contributed by atoms with van der Waals surface area (Å²) in [5.41, 5.74) is 2.31. The Morgan fingerprint density at radius 2 is 2.16 bits per heavy atom. The van der Waals surface area contributed by atoms with Crippen LogP contribution in [0.3, 0.4) is 0 Å². The van der Waals surface area contributed by atoms with Crippen LogP contribution in [0.15, 0.2) is 24.3 Å². The van der Waals surface area contributed by atoms with Crippen LogP contribution in [-0.2, 0) is 9.59 Å². The summed E-state index contributed by atoms with van der Waals surface area (Å²) in [6, 6.07) is 8.03. The highest BCUT2D eigenvalue weighted by atomic mass is 16.2. The molecule has 4 nitrogen and oxygen atoms in total. The number of piperidine rings is 1. The Labute approximate surface area is 113 Å². The van der Waals surface area contributed by atoms with Crippen LogP contribution in [0.5, 0.6) is 0 Å². The van der Waals surface area contributed by atoms with Gasteiger partial charge < -0.3 is 10.6 Å². The molecule has 2 N–H and O–H groups in total. The lowest BCUT2D eigenvalue weighted by atomic mass is 9.96. The quantitative estimate of drug-likeness (QED) is 0.869. The molecule has 0 saturated carbocycles. The summed E-state index contributed by atoms with van der Waals surface area (Å²) in [5.74, 6) is -0.0454. The molecule has 1 aromatic rings. The van der Waals surface area contributed by atoms with E-state index >= 15 is 0 Å². The molecule has 1 heterocycles. The Kier molecular flexibility index (Phi) is 4.20. The smallest absolute Gasteiger partial charge is 0.225 e. The van der Waals surface area contributed by atoms with E-state index in [1.807, 2.05) is 38.1 Å². The van der Waals surface area contributed by atoms with Gasteiger partial charge in [0.1, 0.15) is 0 Å². The average Bonchev–Trinajstić information content (AvgIpc) is 2.39. The molecule has 0 spiro atoms. The Balaban J connectivity index is 1.95. The number of carbonyl (C=O) groups is 2. The molecule has 1 saturated heterocycles. The number of amides is 2. The first-order valence-electron chi connectivity index (χ1n) is 6.70. The van der Waals surface area contributed by atoms with Gasteiger partial charge >= 0.3 is 0 Å². The van der Waals surface area contributed by atoms with Crippen LogP contribution in [0.1, 0.15) is 36.9 Å². The zero-order chi connectivity index (χ0) is 13.8. The van der Waals surface area contributed by atoms with Gasteiger partial charge in [-0.1, -0.05) is 24.3 Å². The second kappa shape index (κ2) is 5.87. The highest BCUT2D eigenvalue weighted by molar-refractivity contribution is 5.83. The summed E-state index contributed by atoms with van der Waals surface area (Å²) in [6.45, 7) is 4.48. The first kappa shape index (κ1) is 13.6. The van der Waals surface area contributed by atoms with Gasteiger partial charge in [0.05, 0.1) is 12.0 Å². The van der Waals surface area contributed by atoms with Crippen LogP contribution in [0.25, 0.3) is 0 Å². The van der Waals surface area contributed by atoms with Crippen molar-refractivity contribution in [1.29, 1.82) is 0 Å². The molecule has 0 radical (unpaired) electrons. The van der Waals surface area contributed by atoms with Crippen molar-refractivity contribution >= 4 is 11.8 Å². The van der Waals surface area contributed by atoms with Gasteiger partial charge in [-0.05, 0) is 31.4 Å². The minimum absolute atomic E-state index is 0.00803. The van der Waals surface area contributed by atoms with Crippen LogP contribution < -0.4 is 10.6 Å². The molecule has 19 heavy (non-hydrogen) atoms. The maximum atomic E-state index is 12.1. The van der Waals surface area contributed by atoms with Crippen LogP contribution in [-0.4, -0.2) is 18.4 Å². The van der Waals surface area contributed by atoms with Gasteiger partial charge in [-0.2, -0.15) is 0 Å². The molecular formula is C15H20N2O2. The van der Waals surface area contributed by atoms with E-state index in [-0.39, 0.29) is 23.8 Å². The molecule has 2 unspecified atom stereocenters. The minimum Gasteiger partial charge on any atom is -0.355 e. The lowest BCUT2D eigenvalue weighted by Gasteiger charge is -2.24. The van der Waals surface area contributed by atoms with Crippen LogP contribution in [0.4, 0.5) is 0 Å². The van der Waals surface area contributed by atoms with E-state index in [1.165, 1.54) is 5.56 Å².